The Hall–Kier alpha value is -2.43. The molecular formula is C12H9N3O2. The molecule has 0 bridgehead atoms. The van der Waals surface area contributed by atoms with E-state index < -0.39 is 0 Å². The van der Waals surface area contributed by atoms with Gasteiger partial charge in [-0.05, 0) is 23.4 Å². The first-order valence-corrected chi connectivity index (χ1v) is 5.16. The molecule has 3 rings (SSSR count). The molecule has 0 unspecified atom stereocenters. The van der Waals surface area contributed by atoms with Crippen LogP contribution in [0.3, 0.4) is 0 Å². The average molecular weight is 227 g/mol. The van der Waals surface area contributed by atoms with Crippen molar-refractivity contribution in [3.8, 4) is 5.88 Å². The number of nitrogens with zero attached hydrogens (tertiary/aromatic N) is 3. The summed E-state index contributed by atoms with van der Waals surface area (Å²) in [6.07, 6.45) is 3.35. The van der Waals surface area contributed by atoms with E-state index in [9.17, 15) is 0 Å². The molecular weight excluding hydrogens is 218 g/mol. The van der Waals surface area contributed by atoms with Crippen molar-refractivity contribution in [3.63, 3.8) is 0 Å². The van der Waals surface area contributed by atoms with E-state index in [0.717, 1.165) is 5.39 Å². The fraction of sp³-hybridized carbons (Fsp3) is 0.0833. The first-order chi connectivity index (χ1) is 8.43. The van der Waals surface area contributed by atoms with Gasteiger partial charge in [0.05, 0.1) is 5.39 Å². The normalized spacial score (nSPS) is 10.6. The van der Waals surface area contributed by atoms with E-state index in [1.165, 1.54) is 0 Å². The molecule has 0 spiro atoms. The van der Waals surface area contributed by atoms with Crippen LogP contribution in [0.4, 0.5) is 0 Å². The number of rotatable bonds is 3. The molecule has 0 fully saturated rings. The van der Waals surface area contributed by atoms with Crippen molar-refractivity contribution in [2.45, 2.75) is 6.61 Å². The summed E-state index contributed by atoms with van der Waals surface area (Å²) in [6.45, 7) is 0.275. The number of benzene rings is 1. The van der Waals surface area contributed by atoms with Crippen molar-refractivity contribution in [2.24, 2.45) is 0 Å². The SMILES string of the molecule is c1cnc(COc2noc3ccccc23)nc1. The van der Waals surface area contributed by atoms with E-state index in [1.807, 2.05) is 24.3 Å². The number of para-hydroxylation sites is 1. The van der Waals surface area contributed by atoms with Crippen LogP contribution in [0.15, 0.2) is 47.2 Å². The molecule has 5 nitrogen and oxygen atoms in total. The fourth-order valence-corrected chi connectivity index (χ4v) is 1.50. The minimum atomic E-state index is 0.275. The van der Waals surface area contributed by atoms with Crippen molar-refractivity contribution in [2.75, 3.05) is 0 Å². The summed E-state index contributed by atoms with van der Waals surface area (Å²) in [7, 11) is 0. The highest BCUT2D eigenvalue weighted by molar-refractivity contribution is 5.81. The zero-order valence-electron chi connectivity index (χ0n) is 8.91. The van der Waals surface area contributed by atoms with Gasteiger partial charge >= 0.3 is 0 Å². The van der Waals surface area contributed by atoms with Gasteiger partial charge in [0.2, 0.25) is 0 Å². The first kappa shape index (κ1) is 9.77. The van der Waals surface area contributed by atoms with Crippen LogP contribution in [-0.2, 0) is 6.61 Å². The summed E-state index contributed by atoms with van der Waals surface area (Å²) in [5.74, 6) is 1.08. The largest absolute Gasteiger partial charge is 0.467 e. The molecule has 0 N–H and O–H groups in total. The lowest BCUT2D eigenvalue weighted by atomic mass is 10.3. The van der Waals surface area contributed by atoms with E-state index in [0.29, 0.717) is 17.3 Å². The van der Waals surface area contributed by atoms with Crippen molar-refractivity contribution in [1.29, 1.82) is 0 Å². The number of fused-ring (bicyclic) bond motifs is 1. The molecule has 17 heavy (non-hydrogen) atoms. The lowest BCUT2D eigenvalue weighted by molar-refractivity contribution is 0.266. The van der Waals surface area contributed by atoms with Gasteiger partial charge in [-0.1, -0.05) is 12.1 Å². The average Bonchev–Trinajstić information content (AvgIpc) is 2.81. The zero-order valence-corrected chi connectivity index (χ0v) is 8.91. The van der Waals surface area contributed by atoms with E-state index in [-0.39, 0.29) is 6.61 Å². The molecule has 1 aromatic carbocycles. The van der Waals surface area contributed by atoms with Gasteiger partial charge in [0.1, 0.15) is 6.61 Å². The van der Waals surface area contributed by atoms with Gasteiger partial charge < -0.3 is 9.26 Å². The zero-order chi connectivity index (χ0) is 11.5. The molecule has 84 valence electrons. The Morgan fingerprint density at radius 2 is 1.88 bits per heavy atom. The summed E-state index contributed by atoms with van der Waals surface area (Å²) in [5, 5.41) is 4.71. The highest BCUT2D eigenvalue weighted by Gasteiger charge is 2.08. The van der Waals surface area contributed by atoms with Crippen LogP contribution in [0.5, 0.6) is 5.88 Å². The Balaban J connectivity index is 1.82. The number of ether oxygens (including phenoxy) is 1. The van der Waals surface area contributed by atoms with Crippen molar-refractivity contribution in [1.82, 2.24) is 15.1 Å². The standard InChI is InChI=1S/C12H9N3O2/c1-2-5-10-9(4-1)12(15-17-10)16-8-11-13-6-3-7-14-11/h1-7H,8H2. The summed E-state index contributed by atoms with van der Waals surface area (Å²) >= 11 is 0. The van der Waals surface area contributed by atoms with Crippen LogP contribution in [0, 0.1) is 0 Å². The predicted octanol–water partition coefficient (Wildman–Crippen LogP) is 2.20. The van der Waals surface area contributed by atoms with Gasteiger partial charge in [-0.15, -0.1) is 0 Å². The summed E-state index contributed by atoms with van der Waals surface area (Å²) in [6, 6.07) is 9.29. The molecule has 0 atom stereocenters. The highest BCUT2D eigenvalue weighted by atomic mass is 16.5. The fourth-order valence-electron chi connectivity index (χ4n) is 1.50. The van der Waals surface area contributed by atoms with Crippen LogP contribution in [0.1, 0.15) is 5.82 Å². The molecule has 2 heterocycles. The molecule has 2 aromatic heterocycles. The molecule has 0 aliphatic carbocycles. The van der Waals surface area contributed by atoms with E-state index in [4.69, 9.17) is 9.26 Å². The maximum absolute atomic E-state index is 5.52. The van der Waals surface area contributed by atoms with Crippen molar-refractivity contribution >= 4 is 11.0 Å². The number of hydrogen-bond donors (Lipinski definition) is 0. The van der Waals surface area contributed by atoms with Gasteiger partial charge in [-0.2, -0.15) is 0 Å². The summed E-state index contributed by atoms with van der Waals surface area (Å²) in [4.78, 5) is 8.13. The molecule has 0 amide bonds. The Bertz CT molecular complexity index is 622. The smallest absolute Gasteiger partial charge is 0.262 e. The second-order valence-corrected chi connectivity index (χ2v) is 3.44. The van der Waals surface area contributed by atoms with E-state index in [2.05, 4.69) is 15.1 Å². The summed E-state index contributed by atoms with van der Waals surface area (Å²) in [5.41, 5.74) is 0.705. The second kappa shape index (κ2) is 4.21. The van der Waals surface area contributed by atoms with Crippen LogP contribution in [0.2, 0.25) is 0 Å². The third-order valence-corrected chi connectivity index (χ3v) is 2.30. The van der Waals surface area contributed by atoms with E-state index in [1.54, 1.807) is 18.5 Å². The van der Waals surface area contributed by atoms with Crippen LogP contribution < -0.4 is 4.74 Å². The molecule has 0 aliphatic heterocycles. The monoisotopic (exact) mass is 227 g/mol. The predicted molar refractivity (Wildman–Crippen MR) is 60.4 cm³/mol. The van der Waals surface area contributed by atoms with Gasteiger partial charge in [0.15, 0.2) is 11.4 Å². The molecule has 0 saturated heterocycles. The third kappa shape index (κ3) is 1.94. The first-order valence-electron chi connectivity index (χ1n) is 5.16. The van der Waals surface area contributed by atoms with Gasteiger partial charge in [0.25, 0.3) is 5.88 Å². The molecule has 0 radical (unpaired) electrons. The van der Waals surface area contributed by atoms with Gasteiger partial charge in [0, 0.05) is 12.4 Å². The van der Waals surface area contributed by atoms with Crippen LogP contribution in [-0.4, -0.2) is 15.1 Å². The van der Waals surface area contributed by atoms with Crippen molar-refractivity contribution < 1.29 is 9.26 Å². The van der Waals surface area contributed by atoms with Crippen LogP contribution >= 0.6 is 0 Å². The number of aromatic nitrogens is 3. The maximum Gasteiger partial charge on any atom is 0.262 e. The molecule has 3 aromatic rings. The highest BCUT2D eigenvalue weighted by Crippen LogP contribution is 2.24. The summed E-state index contributed by atoms with van der Waals surface area (Å²) < 4.78 is 10.6. The van der Waals surface area contributed by atoms with Crippen LogP contribution in [0.25, 0.3) is 11.0 Å². The Morgan fingerprint density at radius 1 is 1.06 bits per heavy atom. The van der Waals surface area contributed by atoms with Gasteiger partial charge in [-0.25, -0.2) is 9.97 Å². The third-order valence-electron chi connectivity index (χ3n) is 2.30. The Morgan fingerprint density at radius 3 is 2.76 bits per heavy atom. The Kier molecular flexibility index (Phi) is 2.42. The lowest BCUT2D eigenvalue weighted by Crippen LogP contribution is -2.00. The van der Waals surface area contributed by atoms with Crippen molar-refractivity contribution in [3.05, 3.63) is 48.5 Å². The van der Waals surface area contributed by atoms with Gasteiger partial charge in [-0.3, -0.25) is 0 Å². The number of hydrogen-bond acceptors (Lipinski definition) is 5. The molecule has 0 saturated carbocycles. The Labute approximate surface area is 97.1 Å². The molecule has 5 heteroatoms. The topological polar surface area (TPSA) is 61.0 Å². The lowest BCUT2D eigenvalue weighted by Gasteiger charge is -2.00. The second-order valence-electron chi connectivity index (χ2n) is 3.44. The maximum atomic E-state index is 5.52. The minimum Gasteiger partial charge on any atom is -0.467 e. The quantitative estimate of drug-likeness (QED) is 0.686. The molecule has 0 aliphatic rings. The van der Waals surface area contributed by atoms with E-state index >= 15 is 0 Å². The minimum absolute atomic E-state index is 0.275.